The molecule has 0 saturated carbocycles. The molecule has 0 fully saturated rings. The summed E-state index contributed by atoms with van der Waals surface area (Å²) in [4.78, 5) is 2.25. The van der Waals surface area contributed by atoms with E-state index in [0.717, 1.165) is 28.7 Å². The second-order valence-corrected chi connectivity index (χ2v) is 5.95. The van der Waals surface area contributed by atoms with Crippen LogP contribution in [0.4, 0.5) is 0 Å². The van der Waals surface area contributed by atoms with Crippen LogP contribution in [0.2, 0.25) is 0 Å². The molecule has 0 bridgehead atoms. The summed E-state index contributed by atoms with van der Waals surface area (Å²) < 4.78 is 1.06. The Hall–Kier alpha value is -2.08. The summed E-state index contributed by atoms with van der Waals surface area (Å²) >= 11 is 3.65. The fourth-order valence-corrected chi connectivity index (χ4v) is 2.85. The van der Waals surface area contributed by atoms with Gasteiger partial charge in [-0.1, -0.05) is 76.3 Å². The molecule has 0 spiro atoms. The van der Waals surface area contributed by atoms with Crippen molar-refractivity contribution in [2.24, 2.45) is 0 Å². The van der Waals surface area contributed by atoms with Crippen LogP contribution < -0.4 is 0 Å². The third-order valence-corrected chi connectivity index (χ3v) is 4.14. The van der Waals surface area contributed by atoms with Crippen molar-refractivity contribution in [3.8, 4) is 11.8 Å². The van der Waals surface area contributed by atoms with Crippen LogP contribution in [0.3, 0.4) is 0 Å². The van der Waals surface area contributed by atoms with E-state index in [9.17, 15) is 0 Å². The van der Waals surface area contributed by atoms with E-state index in [2.05, 4.69) is 51.9 Å². The van der Waals surface area contributed by atoms with Gasteiger partial charge in [-0.25, -0.2) is 0 Å². The first-order chi connectivity index (χ1) is 11.3. The summed E-state index contributed by atoms with van der Waals surface area (Å²) in [6, 6.07) is 18.2. The van der Waals surface area contributed by atoms with Gasteiger partial charge in [0.15, 0.2) is 0 Å². The predicted molar refractivity (Wildman–Crippen MR) is 102 cm³/mol. The van der Waals surface area contributed by atoms with Gasteiger partial charge in [0.25, 0.3) is 0 Å². The van der Waals surface area contributed by atoms with E-state index >= 15 is 0 Å². The van der Waals surface area contributed by atoms with E-state index in [1.54, 1.807) is 0 Å². The molecule has 2 heteroatoms. The molecule has 0 amide bonds. The summed E-state index contributed by atoms with van der Waals surface area (Å²) in [6.45, 7) is 9.23. The molecular formula is C21H20BrN. The van der Waals surface area contributed by atoms with E-state index in [-0.39, 0.29) is 6.04 Å². The molecule has 0 radical (unpaired) electrons. The monoisotopic (exact) mass is 365 g/mol. The zero-order valence-corrected chi connectivity index (χ0v) is 14.7. The lowest BCUT2D eigenvalue weighted by Crippen LogP contribution is -2.28. The lowest BCUT2D eigenvalue weighted by atomic mass is 10.0. The standard InChI is InChI=1S/C21H20BrN/c1-3-16-23(17-4-2)21(19-12-8-9-13-20(19)22)15-14-18-10-6-5-7-11-18/h3-13,21H,1-2,16-17H2/t21-/m0/s1. The van der Waals surface area contributed by atoms with Crippen molar-refractivity contribution < 1.29 is 0 Å². The maximum absolute atomic E-state index is 3.86. The maximum Gasteiger partial charge on any atom is 0.0990 e. The highest BCUT2D eigenvalue weighted by Crippen LogP contribution is 2.27. The summed E-state index contributed by atoms with van der Waals surface area (Å²) in [5.41, 5.74) is 2.17. The van der Waals surface area contributed by atoms with Gasteiger partial charge >= 0.3 is 0 Å². The van der Waals surface area contributed by atoms with E-state index in [0.29, 0.717) is 0 Å². The van der Waals surface area contributed by atoms with Crippen LogP contribution in [-0.2, 0) is 0 Å². The lowest BCUT2D eigenvalue weighted by Gasteiger charge is -2.27. The number of nitrogens with zero attached hydrogens (tertiary/aromatic N) is 1. The molecule has 0 saturated heterocycles. The quantitative estimate of drug-likeness (QED) is 0.501. The van der Waals surface area contributed by atoms with E-state index in [1.807, 2.05) is 60.7 Å². The number of halogens is 1. The van der Waals surface area contributed by atoms with Crippen molar-refractivity contribution in [1.29, 1.82) is 0 Å². The molecule has 2 aromatic rings. The average molecular weight is 366 g/mol. The Balaban J connectivity index is 2.42. The zero-order valence-electron chi connectivity index (χ0n) is 13.1. The third kappa shape index (κ3) is 4.96. The predicted octanol–water partition coefficient (Wildman–Crippen LogP) is 5.22. The molecular weight excluding hydrogens is 346 g/mol. The summed E-state index contributed by atoms with van der Waals surface area (Å²) in [5.74, 6) is 6.70. The molecule has 1 atom stereocenters. The second-order valence-electron chi connectivity index (χ2n) is 5.09. The molecule has 0 aromatic heterocycles. The van der Waals surface area contributed by atoms with Crippen molar-refractivity contribution in [3.63, 3.8) is 0 Å². The largest absolute Gasteiger partial charge is 0.279 e. The molecule has 0 aliphatic rings. The molecule has 0 N–H and O–H groups in total. The number of benzene rings is 2. The van der Waals surface area contributed by atoms with Crippen LogP contribution in [0, 0.1) is 11.8 Å². The van der Waals surface area contributed by atoms with Gasteiger partial charge in [-0.2, -0.15) is 0 Å². The van der Waals surface area contributed by atoms with Crippen LogP contribution in [0.5, 0.6) is 0 Å². The van der Waals surface area contributed by atoms with Crippen molar-refractivity contribution in [1.82, 2.24) is 4.90 Å². The Morgan fingerprint density at radius 1 is 0.957 bits per heavy atom. The first-order valence-electron chi connectivity index (χ1n) is 7.53. The molecule has 2 rings (SSSR count). The highest BCUT2D eigenvalue weighted by molar-refractivity contribution is 9.10. The van der Waals surface area contributed by atoms with Crippen molar-refractivity contribution in [2.75, 3.05) is 13.1 Å². The fourth-order valence-electron chi connectivity index (χ4n) is 2.35. The Morgan fingerprint density at radius 2 is 1.57 bits per heavy atom. The van der Waals surface area contributed by atoms with Gasteiger partial charge in [0.1, 0.15) is 0 Å². The molecule has 116 valence electrons. The zero-order chi connectivity index (χ0) is 16.5. The first-order valence-corrected chi connectivity index (χ1v) is 8.32. The van der Waals surface area contributed by atoms with Gasteiger partial charge in [-0.05, 0) is 23.8 Å². The minimum absolute atomic E-state index is 0.0261. The van der Waals surface area contributed by atoms with Crippen molar-refractivity contribution in [2.45, 2.75) is 6.04 Å². The van der Waals surface area contributed by atoms with Crippen LogP contribution in [-0.4, -0.2) is 18.0 Å². The van der Waals surface area contributed by atoms with E-state index in [4.69, 9.17) is 0 Å². The maximum atomic E-state index is 3.86. The van der Waals surface area contributed by atoms with Crippen LogP contribution >= 0.6 is 15.9 Å². The highest BCUT2D eigenvalue weighted by Gasteiger charge is 2.18. The Labute approximate surface area is 147 Å². The molecule has 0 heterocycles. The third-order valence-electron chi connectivity index (χ3n) is 3.42. The Morgan fingerprint density at radius 3 is 2.17 bits per heavy atom. The van der Waals surface area contributed by atoms with Crippen molar-refractivity contribution in [3.05, 3.63) is 95.5 Å². The highest BCUT2D eigenvalue weighted by atomic mass is 79.9. The Bertz CT molecular complexity index is 699. The van der Waals surface area contributed by atoms with Gasteiger partial charge in [0, 0.05) is 23.1 Å². The summed E-state index contributed by atoms with van der Waals surface area (Å²) in [5, 5.41) is 0. The smallest absolute Gasteiger partial charge is 0.0990 e. The van der Waals surface area contributed by atoms with Crippen molar-refractivity contribution >= 4 is 15.9 Å². The topological polar surface area (TPSA) is 3.24 Å². The van der Waals surface area contributed by atoms with Gasteiger partial charge in [-0.3, -0.25) is 4.90 Å². The van der Waals surface area contributed by atoms with Gasteiger partial charge in [-0.15, -0.1) is 13.2 Å². The van der Waals surface area contributed by atoms with Gasteiger partial charge in [0.05, 0.1) is 6.04 Å². The van der Waals surface area contributed by atoms with Gasteiger partial charge < -0.3 is 0 Å². The molecule has 0 aliphatic heterocycles. The second kappa shape index (κ2) is 9.15. The molecule has 0 aliphatic carbocycles. The number of hydrogen-bond donors (Lipinski definition) is 0. The average Bonchev–Trinajstić information content (AvgIpc) is 2.58. The van der Waals surface area contributed by atoms with E-state index < -0.39 is 0 Å². The lowest BCUT2D eigenvalue weighted by molar-refractivity contribution is 0.292. The van der Waals surface area contributed by atoms with Crippen LogP contribution in [0.15, 0.2) is 84.4 Å². The van der Waals surface area contributed by atoms with Crippen LogP contribution in [0.25, 0.3) is 0 Å². The minimum Gasteiger partial charge on any atom is -0.279 e. The Kier molecular flexibility index (Phi) is 6.87. The fraction of sp³-hybridized carbons (Fsp3) is 0.143. The molecule has 1 nitrogen and oxygen atoms in total. The van der Waals surface area contributed by atoms with Gasteiger partial charge in [0.2, 0.25) is 0 Å². The summed E-state index contributed by atoms with van der Waals surface area (Å²) in [7, 11) is 0. The molecule has 0 unspecified atom stereocenters. The molecule has 2 aromatic carbocycles. The summed E-state index contributed by atoms with van der Waals surface area (Å²) in [6.07, 6.45) is 3.80. The minimum atomic E-state index is -0.0261. The molecule has 23 heavy (non-hydrogen) atoms. The van der Waals surface area contributed by atoms with E-state index in [1.165, 1.54) is 0 Å². The van der Waals surface area contributed by atoms with Crippen LogP contribution in [0.1, 0.15) is 17.2 Å². The SMILES string of the molecule is C=CCN(CC=C)[C@@H](C#Cc1ccccc1)c1ccccc1Br. The number of rotatable bonds is 6. The number of hydrogen-bond acceptors (Lipinski definition) is 1. The normalized spacial score (nSPS) is 11.4. The first kappa shape index (κ1) is 17.3.